The van der Waals surface area contributed by atoms with Crippen molar-refractivity contribution in [3.63, 3.8) is 0 Å². The molecule has 0 fully saturated rings. The van der Waals surface area contributed by atoms with Gasteiger partial charge in [-0.1, -0.05) is 24.3 Å². The maximum absolute atomic E-state index is 12.1. The monoisotopic (exact) mass is 283 g/mol. The third kappa shape index (κ3) is 4.05. The zero-order valence-corrected chi connectivity index (χ0v) is 12.7. The maximum Gasteiger partial charge on any atom is 0.269 e. The molecule has 21 heavy (non-hydrogen) atoms. The number of nitrogens with zero attached hydrogens (tertiary/aromatic N) is 2. The number of anilines is 1. The minimum Gasteiger partial charge on any atom is -0.370 e. The van der Waals surface area contributed by atoms with Crippen LogP contribution in [0.25, 0.3) is 0 Å². The van der Waals surface area contributed by atoms with E-state index in [2.05, 4.69) is 34.3 Å². The summed E-state index contributed by atoms with van der Waals surface area (Å²) in [7, 11) is 2.02. The van der Waals surface area contributed by atoms with E-state index in [-0.39, 0.29) is 11.9 Å². The molecule has 0 radical (unpaired) electrons. The second-order valence-corrected chi connectivity index (χ2v) is 5.17. The van der Waals surface area contributed by atoms with Crippen molar-refractivity contribution in [3.8, 4) is 0 Å². The van der Waals surface area contributed by atoms with Gasteiger partial charge in [0.2, 0.25) is 0 Å². The summed E-state index contributed by atoms with van der Waals surface area (Å²) in [6.45, 7) is 4.53. The van der Waals surface area contributed by atoms with Crippen LogP contribution in [-0.2, 0) is 0 Å². The van der Waals surface area contributed by atoms with Crippen LogP contribution in [0.3, 0.4) is 0 Å². The fourth-order valence-corrected chi connectivity index (χ4v) is 2.06. The van der Waals surface area contributed by atoms with E-state index in [1.165, 1.54) is 0 Å². The zero-order chi connectivity index (χ0) is 15.2. The fourth-order valence-electron chi connectivity index (χ4n) is 2.06. The summed E-state index contributed by atoms with van der Waals surface area (Å²) in [5.74, 6) is -0.132. The van der Waals surface area contributed by atoms with E-state index in [9.17, 15) is 4.79 Å². The Morgan fingerprint density at radius 2 is 1.90 bits per heavy atom. The van der Waals surface area contributed by atoms with Crippen molar-refractivity contribution in [1.82, 2.24) is 10.3 Å². The van der Waals surface area contributed by atoms with Gasteiger partial charge < -0.3 is 10.2 Å². The van der Waals surface area contributed by atoms with Crippen molar-refractivity contribution < 1.29 is 4.79 Å². The van der Waals surface area contributed by atoms with Gasteiger partial charge >= 0.3 is 0 Å². The van der Waals surface area contributed by atoms with E-state index < -0.39 is 0 Å². The van der Waals surface area contributed by atoms with Crippen LogP contribution in [0.4, 0.5) is 5.69 Å². The summed E-state index contributed by atoms with van der Waals surface area (Å²) in [4.78, 5) is 18.4. The van der Waals surface area contributed by atoms with Crippen LogP contribution >= 0.6 is 0 Å². The highest BCUT2D eigenvalue weighted by molar-refractivity contribution is 5.92. The normalized spacial score (nSPS) is 11.8. The van der Waals surface area contributed by atoms with Gasteiger partial charge in [-0.05, 0) is 38.1 Å². The first-order chi connectivity index (χ1) is 10.1. The van der Waals surface area contributed by atoms with Crippen LogP contribution in [0.2, 0.25) is 0 Å². The molecule has 2 aromatic rings. The first kappa shape index (κ1) is 15.0. The van der Waals surface area contributed by atoms with Crippen LogP contribution in [0.15, 0.2) is 48.5 Å². The van der Waals surface area contributed by atoms with Crippen LogP contribution in [0.5, 0.6) is 0 Å². The number of carbonyl (C=O) groups is 1. The van der Waals surface area contributed by atoms with Crippen molar-refractivity contribution in [3.05, 3.63) is 59.9 Å². The molecule has 110 valence electrons. The van der Waals surface area contributed by atoms with E-state index >= 15 is 0 Å². The lowest BCUT2D eigenvalue weighted by atomic mass is 10.2. The zero-order valence-electron chi connectivity index (χ0n) is 12.7. The number of aryl methyl sites for hydroxylation is 1. The van der Waals surface area contributed by atoms with Crippen LogP contribution < -0.4 is 10.2 Å². The Morgan fingerprint density at radius 1 is 1.19 bits per heavy atom. The Hall–Kier alpha value is -2.36. The number of pyridine rings is 1. The number of hydrogen-bond donors (Lipinski definition) is 1. The van der Waals surface area contributed by atoms with Gasteiger partial charge in [0.15, 0.2) is 0 Å². The number of aromatic nitrogens is 1. The van der Waals surface area contributed by atoms with Gasteiger partial charge in [0.05, 0.1) is 0 Å². The van der Waals surface area contributed by atoms with Crippen molar-refractivity contribution in [1.29, 1.82) is 0 Å². The van der Waals surface area contributed by atoms with Crippen molar-refractivity contribution >= 4 is 11.6 Å². The van der Waals surface area contributed by atoms with Crippen molar-refractivity contribution in [2.45, 2.75) is 19.9 Å². The predicted molar refractivity (Wildman–Crippen MR) is 85.6 cm³/mol. The molecule has 1 heterocycles. The SMILES string of the molecule is Cc1cccc(C(=O)NC[C@H](C)N(C)c2ccccc2)n1. The molecule has 0 saturated heterocycles. The minimum absolute atomic E-state index is 0.132. The van der Waals surface area contributed by atoms with E-state index in [4.69, 9.17) is 0 Å². The Kier molecular flexibility index (Phi) is 4.93. The molecule has 1 N–H and O–H groups in total. The van der Waals surface area contributed by atoms with Gasteiger partial charge in [0.25, 0.3) is 5.91 Å². The number of para-hydroxylation sites is 1. The largest absolute Gasteiger partial charge is 0.370 e. The van der Waals surface area contributed by atoms with E-state index in [1.54, 1.807) is 6.07 Å². The highest BCUT2D eigenvalue weighted by atomic mass is 16.1. The lowest BCUT2D eigenvalue weighted by Gasteiger charge is -2.27. The molecule has 2 rings (SSSR count). The van der Waals surface area contributed by atoms with E-state index in [1.807, 2.05) is 44.3 Å². The van der Waals surface area contributed by atoms with Crippen LogP contribution in [0, 0.1) is 6.92 Å². The van der Waals surface area contributed by atoms with Crippen molar-refractivity contribution in [2.24, 2.45) is 0 Å². The molecule has 0 saturated carbocycles. The molecule has 0 aliphatic carbocycles. The summed E-state index contributed by atoms with van der Waals surface area (Å²) < 4.78 is 0. The average molecular weight is 283 g/mol. The molecular formula is C17H21N3O. The minimum atomic E-state index is -0.132. The highest BCUT2D eigenvalue weighted by Crippen LogP contribution is 2.13. The van der Waals surface area contributed by atoms with Gasteiger partial charge in [-0.2, -0.15) is 0 Å². The Bertz CT molecular complexity index is 598. The summed E-state index contributed by atoms with van der Waals surface area (Å²) in [5.41, 5.74) is 2.44. The van der Waals surface area contributed by atoms with Gasteiger partial charge in [0, 0.05) is 31.0 Å². The molecule has 0 aliphatic rings. The summed E-state index contributed by atoms with van der Waals surface area (Å²) in [5, 5.41) is 2.93. The number of amides is 1. The quantitative estimate of drug-likeness (QED) is 0.917. The second-order valence-electron chi connectivity index (χ2n) is 5.17. The summed E-state index contributed by atoms with van der Waals surface area (Å²) in [6, 6.07) is 15.8. The molecule has 0 spiro atoms. The van der Waals surface area contributed by atoms with Gasteiger partial charge in [-0.15, -0.1) is 0 Å². The molecule has 0 aliphatic heterocycles. The molecule has 0 bridgehead atoms. The smallest absolute Gasteiger partial charge is 0.269 e. The number of carbonyl (C=O) groups excluding carboxylic acids is 1. The molecule has 1 amide bonds. The molecule has 0 unspecified atom stereocenters. The standard InChI is InChI=1S/C17H21N3O/c1-13-8-7-11-16(19-13)17(21)18-12-14(2)20(3)15-9-5-4-6-10-15/h4-11,14H,12H2,1-3H3,(H,18,21)/t14-/m0/s1. The molecule has 1 aromatic heterocycles. The Morgan fingerprint density at radius 3 is 2.57 bits per heavy atom. The molecule has 4 heteroatoms. The van der Waals surface area contributed by atoms with Gasteiger partial charge in [0.1, 0.15) is 5.69 Å². The van der Waals surface area contributed by atoms with Crippen LogP contribution in [0.1, 0.15) is 23.1 Å². The average Bonchev–Trinajstić information content (AvgIpc) is 2.52. The second kappa shape index (κ2) is 6.88. The molecule has 1 aromatic carbocycles. The molecular weight excluding hydrogens is 262 g/mol. The highest BCUT2D eigenvalue weighted by Gasteiger charge is 2.12. The molecule has 1 atom stereocenters. The third-order valence-corrected chi connectivity index (χ3v) is 3.50. The van der Waals surface area contributed by atoms with E-state index in [0.717, 1.165) is 11.4 Å². The number of hydrogen-bond acceptors (Lipinski definition) is 3. The first-order valence-electron chi connectivity index (χ1n) is 7.07. The number of rotatable bonds is 5. The van der Waals surface area contributed by atoms with Gasteiger partial charge in [-0.3, -0.25) is 4.79 Å². The lowest BCUT2D eigenvalue weighted by molar-refractivity contribution is 0.0946. The third-order valence-electron chi connectivity index (χ3n) is 3.50. The summed E-state index contributed by atoms with van der Waals surface area (Å²) >= 11 is 0. The topological polar surface area (TPSA) is 45.2 Å². The van der Waals surface area contributed by atoms with E-state index in [0.29, 0.717) is 12.2 Å². The number of benzene rings is 1. The van der Waals surface area contributed by atoms with Crippen molar-refractivity contribution in [2.75, 3.05) is 18.5 Å². The molecule has 4 nitrogen and oxygen atoms in total. The van der Waals surface area contributed by atoms with Gasteiger partial charge in [-0.25, -0.2) is 4.98 Å². The number of nitrogens with one attached hydrogen (secondary N) is 1. The summed E-state index contributed by atoms with van der Waals surface area (Å²) in [6.07, 6.45) is 0. The maximum atomic E-state index is 12.1. The first-order valence-corrected chi connectivity index (χ1v) is 7.07. The number of likely N-dealkylation sites (N-methyl/N-ethyl adjacent to an activating group) is 1. The lowest BCUT2D eigenvalue weighted by Crippen LogP contribution is -2.40. The Balaban J connectivity index is 1.92. The predicted octanol–water partition coefficient (Wildman–Crippen LogP) is 2.64. The van der Waals surface area contributed by atoms with Crippen LogP contribution in [-0.4, -0.2) is 30.5 Å². The Labute approximate surface area is 125 Å². The fraction of sp³-hybridized carbons (Fsp3) is 0.294.